The molecule has 2 atom stereocenters. The molecule has 4 heteroatoms. The standard InChI is InChI=1S/C8H12BrNOS/c1-5(10)8(11-2)7-3-6(9)4-12-7/h3-5,8H,10H2,1-2H3. The van der Waals surface area contributed by atoms with Gasteiger partial charge in [-0.2, -0.15) is 0 Å². The zero-order valence-electron chi connectivity index (χ0n) is 7.08. The van der Waals surface area contributed by atoms with Crippen LogP contribution in [-0.2, 0) is 4.74 Å². The molecule has 68 valence electrons. The highest BCUT2D eigenvalue weighted by Crippen LogP contribution is 2.28. The van der Waals surface area contributed by atoms with Crippen LogP contribution in [0.15, 0.2) is 15.9 Å². The van der Waals surface area contributed by atoms with Crippen molar-refractivity contribution in [2.75, 3.05) is 7.11 Å². The second-order valence-corrected chi connectivity index (χ2v) is 4.54. The Kier molecular flexibility index (Phi) is 3.71. The maximum absolute atomic E-state index is 5.75. The van der Waals surface area contributed by atoms with Crippen LogP contribution in [0.4, 0.5) is 0 Å². The SMILES string of the molecule is COC(c1cc(Br)cs1)C(C)N. The van der Waals surface area contributed by atoms with Gasteiger partial charge in [0.1, 0.15) is 6.10 Å². The van der Waals surface area contributed by atoms with E-state index >= 15 is 0 Å². The van der Waals surface area contributed by atoms with Crippen LogP contribution in [0, 0.1) is 0 Å². The normalized spacial score (nSPS) is 16.0. The van der Waals surface area contributed by atoms with Gasteiger partial charge in [0.25, 0.3) is 0 Å². The summed E-state index contributed by atoms with van der Waals surface area (Å²) in [4.78, 5) is 1.17. The summed E-state index contributed by atoms with van der Waals surface area (Å²) in [6.07, 6.45) is 0.0151. The molecule has 12 heavy (non-hydrogen) atoms. The third-order valence-electron chi connectivity index (χ3n) is 1.60. The number of hydrogen-bond donors (Lipinski definition) is 1. The average Bonchev–Trinajstić information content (AvgIpc) is 2.37. The van der Waals surface area contributed by atoms with E-state index in [0.717, 1.165) is 4.47 Å². The average molecular weight is 250 g/mol. The van der Waals surface area contributed by atoms with Crippen molar-refractivity contribution in [3.63, 3.8) is 0 Å². The maximum Gasteiger partial charge on any atom is 0.106 e. The highest BCUT2D eigenvalue weighted by Gasteiger charge is 2.16. The molecule has 0 aliphatic heterocycles. The summed E-state index contributed by atoms with van der Waals surface area (Å²) >= 11 is 5.05. The van der Waals surface area contributed by atoms with Crippen LogP contribution >= 0.6 is 27.3 Å². The van der Waals surface area contributed by atoms with Crippen LogP contribution < -0.4 is 5.73 Å². The Morgan fingerprint density at radius 1 is 1.67 bits per heavy atom. The van der Waals surface area contributed by atoms with Gasteiger partial charge in [0.05, 0.1) is 0 Å². The van der Waals surface area contributed by atoms with Crippen molar-refractivity contribution < 1.29 is 4.74 Å². The summed E-state index contributed by atoms with van der Waals surface area (Å²) in [5, 5.41) is 2.03. The largest absolute Gasteiger partial charge is 0.374 e. The van der Waals surface area contributed by atoms with E-state index < -0.39 is 0 Å². The number of halogens is 1. The van der Waals surface area contributed by atoms with Gasteiger partial charge in [-0.05, 0) is 28.9 Å². The molecule has 1 aromatic heterocycles. The fraction of sp³-hybridized carbons (Fsp3) is 0.500. The first-order chi connectivity index (χ1) is 5.65. The van der Waals surface area contributed by atoms with E-state index in [-0.39, 0.29) is 12.1 Å². The van der Waals surface area contributed by atoms with E-state index in [1.807, 2.05) is 18.4 Å². The third kappa shape index (κ3) is 2.29. The van der Waals surface area contributed by atoms with E-state index in [1.165, 1.54) is 4.88 Å². The fourth-order valence-electron chi connectivity index (χ4n) is 1.07. The van der Waals surface area contributed by atoms with E-state index in [1.54, 1.807) is 18.4 Å². The molecule has 0 amide bonds. The van der Waals surface area contributed by atoms with Crippen molar-refractivity contribution in [2.45, 2.75) is 19.1 Å². The molecule has 0 aromatic carbocycles. The zero-order valence-corrected chi connectivity index (χ0v) is 9.48. The van der Waals surface area contributed by atoms with Gasteiger partial charge in [0, 0.05) is 27.9 Å². The number of hydrogen-bond acceptors (Lipinski definition) is 3. The Morgan fingerprint density at radius 2 is 2.33 bits per heavy atom. The molecule has 0 saturated carbocycles. The van der Waals surface area contributed by atoms with Crippen LogP contribution in [0.1, 0.15) is 17.9 Å². The molecule has 0 aliphatic carbocycles. The molecule has 1 aromatic rings. The van der Waals surface area contributed by atoms with E-state index in [9.17, 15) is 0 Å². The molecule has 1 heterocycles. The van der Waals surface area contributed by atoms with Gasteiger partial charge in [-0.25, -0.2) is 0 Å². The van der Waals surface area contributed by atoms with Gasteiger partial charge in [-0.3, -0.25) is 0 Å². The summed E-state index contributed by atoms with van der Waals surface area (Å²) in [7, 11) is 1.68. The van der Waals surface area contributed by atoms with Crippen molar-refractivity contribution in [3.05, 3.63) is 20.8 Å². The minimum Gasteiger partial charge on any atom is -0.374 e. The second-order valence-electron chi connectivity index (χ2n) is 2.68. The molecule has 0 aliphatic rings. The number of methoxy groups -OCH3 is 1. The lowest BCUT2D eigenvalue weighted by Gasteiger charge is -2.16. The Balaban J connectivity index is 2.80. The first-order valence-corrected chi connectivity index (χ1v) is 5.34. The number of rotatable bonds is 3. The fourth-order valence-corrected chi connectivity index (χ4v) is 2.70. The van der Waals surface area contributed by atoms with Gasteiger partial charge >= 0.3 is 0 Å². The summed E-state index contributed by atoms with van der Waals surface area (Å²) in [5.41, 5.74) is 5.75. The highest BCUT2D eigenvalue weighted by molar-refractivity contribution is 9.10. The molecule has 2 N–H and O–H groups in total. The smallest absolute Gasteiger partial charge is 0.106 e. The first kappa shape index (κ1) is 10.2. The van der Waals surface area contributed by atoms with Crippen molar-refractivity contribution in [1.29, 1.82) is 0 Å². The molecule has 2 unspecified atom stereocenters. The maximum atomic E-state index is 5.75. The lowest BCUT2D eigenvalue weighted by molar-refractivity contribution is 0.0882. The molecule has 1 rings (SSSR count). The molecule has 0 bridgehead atoms. The van der Waals surface area contributed by atoms with Crippen molar-refractivity contribution in [2.24, 2.45) is 5.73 Å². The predicted molar refractivity (Wildman–Crippen MR) is 55.4 cm³/mol. The lowest BCUT2D eigenvalue weighted by atomic mass is 10.2. The number of nitrogens with two attached hydrogens (primary N) is 1. The summed E-state index contributed by atoms with van der Waals surface area (Å²) < 4.78 is 6.36. The quantitative estimate of drug-likeness (QED) is 0.894. The molecule has 0 fully saturated rings. The minimum absolute atomic E-state index is 0.0151. The van der Waals surface area contributed by atoms with Gasteiger partial charge in [0.15, 0.2) is 0 Å². The van der Waals surface area contributed by atoms with Crippen molar-refractivity contribution in [3.8, 4) is 0 Å². The highest BCUT2D eigenvalue weighted by atomic mass is 79.9. The molecule has 0 saturated heterocycles. The Morgan fingerprint density at radius 3 is 2.67 bits per heavy atom. The molecular formula is C8H12BrNOS. The van der Waals surface area contributed by atoms with Crippen LogP contribution in [-0.4, -0.2) is 13.2 Å². The van der Waals surface area contributed by atoms with Gasteiger partial charge < -0.3 is 10.5 Å². The third-order valence-corrected chi connectivity index (χ3v) is 3.35. The zero-order chi connectivity index (χ0) is 9.14. The van der Waals surface area contributed by atoms with Crippen molar-refractivity contribution in [1.82, 2.24) is 0 Å². The van der Waals surface area contributed by atoms with E-state index in [2.05, 4.69) is 15.9 Å². The monoisotopic (exact) mass is 249 g/mol. The first-order valence-electron chi connectivity index (χ1n) is 3.67. The lowest BCUT2D eigenvalue weighted by Crippen LogP contribution is -2.25. The van der Waals surface area contributed by atoms with Gasteiger partial charge in [-0.1, -0.05) is 0 Å². The molecule has 2 nitrogen and oxygen atoms in total. The summed E-state index contributed by atoms with van der Waals surface area (Å²) in [6, 6.07) is 2.07. The topological polar surface area (TPSA) is 35.2 Å². The summed E-state index contributed by atoms with van der Waals surface area (Å²) in [6.45, 7) is 1.95. The minimum atomic E-state index is 0.0151. The molecule has 0 radical (unpaired) electrons. The second kappa shape index (κ2) is 4.37. The van der Waals surface area contributed by atoms with Crippen molar-refractivity contribution >= 4 is 27.3 Å². The van der Waals surface area contributed by atoms with E-state index in [0.29, 0.717) is 0 Å². The Labute approximate surface area is 84.9 Å². The van der Waals surface area contributed by atoms with Gasteiger partial charge in [-0.15, -0.1) is 11.3 Å². The predicted octanol–water partition coefficient (Wildman–Crippen LogP) is 2.55. The number of ether oxygens (including phenoxy) is 1. The Hall–Kier alpha value is 0.1000. The van der Waals surface area contributed by atoms with Crippen LogP contribution in [0.2, 0.25) is 0 Å². The van der Waals surface area contributed by atoms with Crippen LogP contribution in [0.3, 0.4) is 0 Å². The summed E-state index contributed by atoms with van der Waals surface area (Å²) in [5.74, 6) is 0. The number of thiophene rings is 1. The van der Waals surface area contributed by atoms with Crippen LogP contribution in [0.5, 0.6) is 0 Å². The molecular weight excluding hydrogens is 238 g/mol. The van der Waals surface area contributed by atoms with Gasteiger partial charge in [0.2, 0.25) is 0 Å². The molecule has 0 spiro atoms. The Bertz CT molecular complexity index is 249. The van der Waals surface area contributed by atoms with Crippen LogP contribution in [0.25, 0.3) is 0 Å². The van der Waals surface area contributed by atoms with E-state index in [4.69, 9.17) is 10.5 Å².